The van der Waals surface area contributed by atoms with Crippen LogP contribution < -0.4 is 9.74 Å². The summed E-state index contributed by atoms with van der Waals surface area (Å²) in [4.78, 5) is 10.5. The summed E-state index contributed by atoms with van der Waals surface area (Å²) in [5.41, 5.74) is 1.74. The molecule has 1 atom stereocenters. The predicted molar refractivity (Wildman–Crippen MR) is 48.2 cm³/mol. The fraction of sp³-hybridized carbons (Fsp3) is 0.125. The van der Waals surface area contributed by atoms with Gasteiger partial charge in [0.05, 0.1) is 11.4 Å². The van der Waals surface area contributed by atoms with E-state index in [0.29, 0.717) is 0 Å². The van der Waals surface area contributed by atoms with Gasteiger partial charge in [-0.25, -0.2) is 0 Å². The molecule has 62 valence electrons. The Morgan fingerprint density at radius 2 is 2.25 bits per heavy atom. The third kappa shape index (κ3) is 0.940. The lowest BCUT2D eigenvalue weighted by atomic mass is 10.3. The number of hydrogen-bond acceptors (Lipinski definition) is 3. The lowest BCUT2D eigenvalue weighted by Gasteiger charge is -2.11. The number of nitrogens with zero attached hydrogens (tertiary/aromatic N) is 1. The smallest absolute Gasteiger partial charge is 0.171 e. The molecule has 1 N–H and O–H groups in total. The van der Waals surface area contributed by atoms with E-state index in [1.165, 1.54) is 4.42 Å². The maximum Gasteiger partial charge on any atom is 0.171 e. The standard InChI is InChI=1S/C8H7ClN2O/c9-11-7-4-2-1-3-6(7)10-8(11)5-12/h1-5,8,10H. The van der Waals surface area contributed by atoms with Gasteiger partial charge in [-0.3, -0.25) is 9.21 Å². The van der Waals surface area contributed by atoms with Crippen LogP contribution in [-0.4, -0.2) is 12.5 Å². The molecular formula is C8H7ClN2O. The maximum atomic E-state index is 10.5. The van der Waals surface area contributed by atoms with Gasteiger partial charge in [0, 0.05) is 11.8 Å². The van der Waals surface area contributed by atoms with Crippen LogP contribution in [0.3, 0.4) is 0 Å². The number of anilines is 2. The first-order valence-corrected chi connectivity index (χ1v) is 3.92. The summed E-state index contributed by atoms with van der Waals surface area (Å²) in [6.45, 7) is 0. The van der Waals surface area contributed by atoms with E-state index in [2.05, 4.69) is 5.32 Å². The molecule has 0 saturated carbocycles. The largest absolute Gasteiger partial charge is 0.357 e. The lowest BCUT2D eigenvalue weighted by molar-refractivity contribution is -0.108. The maximum absolute atomic E-state index is 10.5. The molecule has 0 spiro atoms. The van der Waals surface area contributed by atoms with Crippen molar-refractivity contribution in [3.63, 3.8) is 0 Å². The van der Waals surface area contributed by atoms with Gasteiger partial charge in [-0.1, -0.05) is 12.1 Å². The first-order chi connectivity index (χ1) is 5.83. The zero-order valence-corrected chi connectivity index (χ0v) is 6.95. The van der Waals surface area contributed by atoms with Gasteiger partial charge in [0.15, 0.2) is 12.5 Å². The number of carbonyl (C=O) groups excluding carboxylic acids is 1. The van der Waals surface area contributed by atoms with Crippen molar-refractivity contribution in [2.75, 3.05) is 9.74 Å². The molecule has 0 amide bonds. The van der Waals surface area contributed by atoms with E-state index in [0.717, 1.165) is 17.7 Å². The van der Waals surface area contributed by atoms with Crippen molar-refractivity contribution in [3.8, 4) is 0 Å². The normalized spacial score (nSPS) is 20.1. The van der Waals surface area contributed by atoms with Crippen molar-refractivity contribution in [3.05, 3.63) is 24.3 Å². The molecule has 1 aromatic rings. The monoisotopic (exact) mass is 182 g/mol. The number of benzene rings is 1. The average molecular weight is 183 g/mol. The topological polar surface area (TPSA) is 32.3 Å². The Hall–Kier alpha value is -1.22. The third-order valence-electron chi connectivity index (χ3n) is 1.81. The van der Waals surface area contributed by atoms with Gasteiger partial charge in [0.2, 0.25) is 0 Å². The zero-order valence-electron chi connectivity index (χ0n) is 6.20. The van der Waals surface area contributed by atoms with Gasteiger partial charge in [0.1, 0.15) is 0 Å². The van der Waals surface area contributed by atoms with Gasteiger partial charge >= 0.3 is 0 Å². The average Bonchev–Trinajstić information content (AvgIpc) is 2.44. The highest BCUT2D eigenvalue weighted by atomic mass is 35.5. The van der Waals surface area contributed by atoms with Crippen molar-refractivity contribution in [1.29, 1.82) is 0 Å². The molecule has 0 aromatic heterocycles. The molecule has 3 nitrogen and oxygen atoms in total. The van der Waals surface area contributed by atoms with Crippen LogP contribution in [0.2, 0.25) is 0 Å². The molecule has 0 saturated heterocycles. The first kappa shape index (κ1) is 7.43. The number of fused-ring (bicyclic) bond motifs is 1. The second-order valence-electron chi connectivity index (χ2n) is 2.55. The minimum atomic E-state index is -0.441. The van der Waals surface area contributed by atoms with Crippen molar-refractivity contribution >= 4 is 29.4 Å². The van der Waals surface area contributed by atoms with Crippen LogP contribution in [0.15, 0.2) is 24.3 Å². The zero-order chi connectivity index (χ0) is 8.55. The highest BCUT2D eigenvalue weighted by molar-refractivity contribution is 6.29. The van der Waals surface area contributed by atoms with Crippen LogP contribution in [0.5, 0.6) is 0 Å². The molecular weight excluding hydrogens is 176 g/mol. The van der Waals surface area contributed by atoms with Crippen molar-refractivity contribution < 1.29 is 4.79 Å². The summed E-state index contributed by atoms with van der Waals surface area (Å²) in [7, 11) is 0. The van der Waals surface area contributed by atoms with E-state index < -0.39 is 6.17 Å². The number of para-hydroxylation sites is 2. The summed E-state index contributed by atoms with van der Waals surface area (Å²) in [6, 6.07) is 7.51. The Balaban J connectivity index is 2.41. The van der Waals surface area contributed by atoms with Crippen LogP contribution in [0.4, 0.5) is 11.4 Å². The van der Waals surface area contributed by atoms with Gasteiger partial charge < -0.3 is 5.32 Å². The lowest BCUT2D eigenvalue weighted by Crippen LogP contribution is -2.29. The molecule has 1 aromatic carbocycles. The number of rotatable bonds is 1. The Morgan fingerprint density at radius 3 is 2.92 bits per heavy atom. The van der Waals surface area contributed by atoms with E-state index in [4.69, 9.17) is 11.8 Å². The summed E-state index contributed by atoms with van der Waals surface area (Å²) >= 11 is 5.85. The Kier molecular flexibility index (Phi) is 1.66. The van der Waals surface area contributed by atoms with Crippen LogP contribution >= 0.6 is 11.8 Å². The van der Waals surface area contributed by atoms with E-state index in [-0.39, 0.29) is 0 Å². The number of nitrogens with one attached hydrogen (secondary N) is 1. The molecule has 0 aliphatic carbocycles. The Morgan fingerprint density at radius 1 is 1.50 bits per heavy atom. The van der Waals surface area contributed by atoms with Gasteiger partial charge in [-0.05, 0) is 12.1 Å². The molecule has 1 aliphatic heterocycles. The molecule has 1 aliphatic rings. The van der Waals surface area contributed by atoms with E-state index in [1.807, 2.05) is 24.3 Å². The Bertz CT molecular complexity index is 316. The third-order valence-corrected chi connectivity index (χ3v) is 2.20. The number of hydrogen-bond donors (Lipinski definition) is 1. The van der Waals surface area contributed by atoms with Gasteiger partial charge in [-0.2, -0.15) is 0 Å². The second-order valence-corrected chi connectivity index (χ2v) is 2.92. The number of halogens is 1. The fourth-order valence-electron chi connectivity index (χ4n) is 1.24. The molecule has 2 rings (SSSR count). The highest BCUT2D eigenvalue weighted by Crippen LogP contribution is 2.34. The van der Waals surface area contributed by atoms with Crippen LogP contribution in [-0.2, 0) is 4.79 Å². The van der Waals surface area contributed by atoms with E-state index in [9.17, 15) is 4.79 Å². The highest BCUT2D eigenvalue weighted by Gasteiger charge is 2.26. The molecule has 1 heterocycles. The molecule has 0 fully saturated rings. The number of carbonyl (C=O) groups is 1. The van der Waals surface area contributed by atoms with E-state index in [1.54, 1.807) is 0 Å². The van der Waals surface area contributed by atoms with Crippen molar-refractivity contribution in [2.45, 2.75) is 6.17 Å². The molecule has 0 bridgehead atoms. The summed E-state index contributed by atoms with van der Waals surface area (Å²) < 4.78 is 1.39. The van der Waals surface area contributed by atoms with Crippen LogP contribution in [0, 0.1) is 0 Å². The second kappa shape index (κ2) is 2.68. The number of aldehydes is 1. The minimum absolute atomic E-state index is 0.441. The van der Waals surface area contributed by atoms with Crippen molar-refractivity contribution in [1.82, 2.24) is 0 Å². The summed E-state index contributed by atoms with van der Waals surface area (Å²) in [5, 5.41) is 2.96. The van der Waals surface area contributed by atoms with E-state index >= 15 is 0 Å². The summed E-state index contributed by atoms with van der Waals surface area (Å²) in [5.74, 6) is 0. The van der Waals surface area contributed by atoms with Gasteiger partial charge in [0.25, 0.3) is 0 Å². The van der Waals surface area contributed by atoms with Crippen LogP contribution in [0.25, 0.3) is 0 Å². The molecule has 1 unspecified atom stereocenters. The molecule has 12 heavy (non-hydrogen) atoms. The fourth-order valence-corrected chi connectivity index (χ4v) is 1.48. The Labute approximate surface area is 75.0 Å². The van der Waals surface area contributed by atoms with Crippen LogP contribution in [0.1, 0.15) is 0 Å². The van der Waals surface area contributed by atoms with Gasteiger partial charge in [-0.15, -0.1) is 0 Å². The quantitative estimate of drug-likeness (QED) is 0.529. The molecule has 0 radical (unpaired) electrons. The minimum Gasteiger partial charge on any atom is -0.357 e. The summed E-state index contributed by atoms with van der Waals surface area (Å²) in [6.07, 6.45) is 0.330. The van der Waals surface area contributed by atoms with Crippen molar-refractivity contribution in [2.24, 2.45) is 0 Å². The SMILES string of the molecule is O=CC1Nc2ccccc2N1Cl. The molecule has 4 heteroatoms. The first-order valence-electron chi connectivity index (χ1n) is 3.59. The predicted octanol–water partition coefficient (Wildman–Crippen LogP) is 1.60.